The highest BCUT2D eigenvalue weighted by molar-refractivity contribution is 5.89. The largest absolute Gasteiger partial charge is 0.396 e. The normalized spacial score (nSPS) is 22.4. The van der Waals surface area contributed by atoms with Crippen LogP contribution >= 0.6 is 0 Å². The number of amides is 2. The molecule has 2 rings (SSSR count). The summed E-state index contributed by atoms with van der Waals surface area (Å²) in [5.41, 5.74) is 0.195. The lowest BCUT2D eigenvalue weighted by Crippen LogP contribution is -2.43. The van der Waals surface area contributed by atoms with Crippen LogP contribution in [-0.2, 0) is 0 Å². The van der Waals surface area contributed by atoms with E-state index in [-0.39, 0.29) is 24.3 Å². The van der Waals surface area contributed by atoms with E-state index in [0.29, 0.717) is 0 Å². The van der Waals surface area contributed by atoms with Crippen LogP contribution in [0.3, 0.4) is 0 Å². The Labute approximate surface area is 122 Å². The first kappa shape index (κ1) is 15.7. The molecule has 2 atom stereocenters. The van der Waals surface area contributed by atoms with Crippen molar-refractivity contribution >= 4 is 11.7 Å². The molecule has 1 saturated carbocycles. The number of hydrogen-bond donors (Lipinski definition) is 3. The Hall–Kier alpha value is -1.69. The Morgan fingerprint density at radius 1 is 1.19 bits per heavy atom. The molecule has 21 heavy (non-hydrogen) atoms. The standard InChI is InChI=1S/C15H20F2N2O2/c16-12-7-6-11(8-13(12)17)18-15(21)19-14-5-3-1-2-4-10(14)9-20/h6-8,10,14,20H,1-5,9H2,(H2,18,19,21). The van der Waals surface area contributed by atoms with Crippen molar-refractivity contribution in [1.29, 1.82) is 0 Å². The minimum Gasteiger partial charge on any atom is -0.396 e. The molecule has 116 valence electrons. The number of rotatable bonds is 3. The van der Waals surface area contributed by atoms with E-state index in [9.17, 15) is 18.7 Å². The molecule has 6 heteroatoms. The summed E-state index contributed by atoms with van der Waals surface area (Å²) in [5.74, 6) is -1.91. The molecule has 2 unspecified atom stereocenters. The first-order chi connectivity index (χ1) is 10.1. The summed E-state index contributed by atoms with van der Waals surface area (Å²) in [5, 5.41) is 14.7. The van der Waals surface area contributed by atoms with E-state index in [0.717, 1.165) is 44.2 Å². The number of urea groups is 1. The number of carbonyl (C=O) groups is 1. The van der Waals surface area contributed by atoms with Crippen molar-refractivity contribution in [2.45, 2.75) is 38.1 Å². The number of hydrogen-bond acceptors (Lipinski definition) is 2. The number of benzene rings is 1. The monoisotopic (exact) mass is 298 g/mol. The fourth-order valence-electron chi connectivity index (χ4n) is 2.70. The summed E-state index contributed by atoms with van der Waals surface area (Å²) in [7, 11) is 0. The summed E-state index contributed by atoms with van der Waals surface area (Å²) in [6.45, 7) is 0.0378. The molecule has 3 N–H and O–H groups in total. The molecule has 4 nitrogen and oxygen atoms in total. The van der Waals surface area contributed by atoms with Crippen molar-refractivity contribution in [3.63, 3.8) is 0 Å². The molecule has 0 radical (unpaired) electrons. The Balaban J connectivity index is 1.94. The number of aliphatic hydroxyl groups excluding tert-OH is 1. The van der Waals surface area contributed by atoms with Crippen LogP contribution in [0, 0.1) is 17.6 Å². The van der Waals surface area contributed by atoms with E-state index in [1.54, 1.807) is 0 Å². The minimum atomic E-state index is -1.00. The molecule has 0 aliphatic heterocycles. The van der Waals surface area contributed by atoms with Gasteiger partial charge in [0.2, 0.25) is 0 Å². The minimum absolute atomic E-state index is 0.0378. The number of aliphatic hydroxyl groups is 1. The van der Waals surface area contributed by atoms with Gasteiger partial charge in [-0.15, -0.1) is 0 Å². The zero-order valence-electron chi connectivity index (χ0n) is 11.7. The summed E-state index contributed by atoms with van der Waals surface area (Å²) in [6, 6.07) is 2.64. The highest BCUT2D eigenvalue weighted by atomic mass is 19.2. The van der Waals surface area contributed by atoms with Gasteiger partial charge in [0.25, 0.3) is 0 Å². The molecule has 0 bridgehead atoms. The number of anilines is 1. The summed E-state index contributed by atoms with van der Waals surface area (Å²) < 4.78 is 25.9. The maximum atomic E-state index is 13.1. The van der Waals surface area contributed by atoms with Gasteiger partial charge in [-0.25, -0.2) is 13.6 Å². The summed E-state index contributed by atoms with van der Waals surface area (Å²) >= 11 is 0. The molecule has 2 amide bonds. The van der Waals surface area contributed by atoms with Gasteiger partial charge < -0.3 is 15.7 Å². The van der Waals surface area contributed by atoms with Crippen LogP contribution in [0.15, 0.2) is 18.2 Å². The zero-order valence-corrected chi connectivity index (χ0v) is 11.7. The Morgan fingerprint density at radius 3 is 2.67 bits per heavy atom. The van der Waals surface area contributed by atoms with Gasteiger partial charge in [0.15, 0.2) is 11.6 Å². The van der Waals surface area contributed by atoms with Crippen LogP contribution in [0.2, 0.25) is 0 Å². The zero-order chi connectivity index (χ0) is 15.2. The predicted molar refractivity (Wildman–Crippen MR) is 76.0 cm³/mol. The lowest BCUT2D eigenvalue weighted by molar-refractivity contribution is 0.182. The molecule has 1 aliphatic carbocycles. The van der Waals surface area contributed by atoms with Crippen molar-refractivity contribution in [2.24, 2.45) is 5.92 Å². The maximum absolute atomic E-state index is 13.1. The van der Waals surface area contributed by atoms with Crippen LogP contribution in [-0.4, -0.2) is 23.8 Å². The maximum Gasteiger partial charge on any atom is 0.319 e. The van der Waals surface area contributed by atoms with Gasteiger partial charge in [0, 0.05) is 30.3 Å². The third kappa shape index (κ3) is 4.39. The van der Waals surface area contributed by atoms with E-state index in [1.807, 2.05) is 0 Å². The fraction of sp³-hybridized carbons (Fsp3) is 0.533. The van der Waals surface area contributed by atoms with Crippen LogP contribution in [0.25, 0.3) is 0 Å². The third-order valence-corrected chi connectivity index (χ3v) is 3.89. The van der Waals surface area contributed by atoms with Gasteiger partial charge in [-0.3, -0.25) is 0 Å². The molecule has 0 saturated heterocycles. The Bertz CT molecular complexity index is 497. The molecule has 0 spiro atoms. The van der Waals surface area contributed by atoms with E-state index >= 15 is 0 Å². The summed E-state index contributed by atoms with van der Waals surface area (Å²) in [6.07, 6.45) is 4.85. The lowest BCUT2D eigenvalue weighted by Gasteiger charge is -2.24. The Morgan fingerprint density at radius 2 is 1.95 bits per heavy atom. The van der Waals surface area contributed by atoms with Gasteiger partial charge in [0.05, 0.1) is 0 Å². The van der Waals surface area contributed by atoms with E-state index in [2.05, 4.69) is 10.6 Å². The van der Waals surface area contributed by atoms with Crippen LogP contribution in [0.1, 0.15) is 32.1 Å². The molecular weight excluding hydrogens is 278 g/mol. The topological polar surface area (TPSA) is 61.4 Å². The average molecular weight is 298 g/mol. The molecule has 0 heterocycles. The second kappa shape index (κ2) is 7.36. The van der Waals surface area contributed by atoms with Gasteiger partial charge in [-0.1, -0.05) is 19.3 Å². The third-order valence-electron chi connectivity index (χ3n) is 3.89. The highest BCUT2D eigenvalue weighted by Gasteiger charge is 2.24. The van der Waals surface area contributed by atoms with Crippen LogP contribution in [0.4, 0.5) is 19.3 Å². The number of nitrogens with one attached hydrogen (secondary N) is 2. The van der Waals surface area contributed by atoms with Crippen molar-refractivity contribution in [3.8, 4) is 0 Å². The fourth-order valence-corrected chi connectivity index (χ4v) is 2.70. The molecule has 1 aliphatic rings. The molecular formula is C15H20F2N2O2. The van der Waals surface area contributed by atoms with Crippen molar-refractivity contribution in [1.82, 2.24) is 5.32 Å². The van der Waals surface area contributed by atoms with Gasteiger partial charge in [0.1, 0.15) is 0 Å². The average Bonchev–Trinajstić information content (AvgIpc) is 2.68. The number of carbonyl (C=O) groups excluding carboxylic acids is 1. The lowest BCUT2D eigenvalue weighted by atomic mass is 9.96. The van der Waals surface area contributed by atoms with Crippen molar-refractivity contribution in [3.05, 3.63) is 29.8 Å². The second-order valence-corrected chi connectivity index (χ2v) is 5.41. The van der Waals surface area contributed by atoms with Crippen LogP contribution in [0.5, 0.6) is 0 Å². The number of halogens is 2. The van der Waals surface area contributed by atoms with Crippen molar-refractivity contribution in [2.75, 3.05) is 11.9 Å². The summed E-state index contributed by atoms with van der Waals surface area (Å²) in [4.78, 5) is 11.9. The van der Waals surface area contributed by atoms with E-state index in [4.69, 9.17) is 0 Å². The SMILES string of the molecule is O=C(Nc1ccc(F)c(F)c1)NC1CCCCCC1CO. The molecule has 1 aromatic rings. The van der Waals surface area contributed by atoms with Gasteiger partial charge >= 0.3 is 6.03 Å². The van der Waals surface area contributed by atoms with Gasteiger partial charge in [-0.2, -0.15) is 0 Å². The van der Waals surface area contributed by atoms with E-state index in [1.165, 1.54) is 6.07 Å². The van der Waals surface area contributed by atoms with Gasteiger partial charge in [-0.05, 0) is 25.0 Å². The van der Waals surface area contributed by atoms with Crippen LogP contribution < -0.4 is 10.6 Å². The van der Waals surface area contributed by atoms with Crippen molar-refractivity contribution < 1.29 is 18.7 Å². The van der Waals surface area contributed by atoms with E-state index < -0.39 is 17.7 Å². The second-order valence-electron chi connectivity index (χ2n) is 5.41. The smallest absolute Gasteiger partial charge is 0.319 e. The first-order valence-corrected chi connectivity index (χ1v) is 7.23. The molecule has 1 aromatic carbocycles. The molecule has 1 fully saturated rings. The predicted octanol–water partition coefficient (Wildman–Crippen LogP) is 3.03. The first-order valence-electron chi connectivity index (χ1n) is 7.23. The highest BCUT2D eigenvalue weighted by Crippen LogP contribution is 2.23. The quantitative estimate of drug-likeness (QED) is 0.751. The Kier molecular flexibility index (Phi) is 5.50. The molecule has 0 aromatic heterocycles.